The summed E-state index contributed by atoms with van der Waals surface area (Å²) in [4.78, 5) is 0. The molecule has 22 heavy (non-hydrogen) atoms. The fourth-order valence-corrected chi connectivity index (χ4v) is 2.22. The quantitative estimate of drug-likeness (QED) is 0.529. The van der Waals surface area contributed by atoms with Crippen LogP contribution in [0.2, 0.25) is 0 Å². The highest BCUT2D eigenvalue weighted by atomic mass is 15.1. The summed E-state index contributed by atoms with van der Waals surface area (Å²) in [5.41, 5.74) is 16.5. The highest BCUT2D eigenvalue weighted by molar-refractivity contribution is 5.85. The summed E-state index contributed by atoms with van der Waals surface area (Å²) >= 11 is 0. The molecule has 0 saturated carbocycles. The molecule has 0 aliphatic carbocycles. The van der Waals surface area contributed by atoms with Crippen LogP contribution in [0.4, 0.5) is 22.7 Å². The first-order valence-corrected chi connectivity index (χ1v) is 6.95. The van der Waals surface area contributed by atoms with Crippen molar-refractivity contribution in [3.05, 3.63) is 72.8 Å². The first-order chi connectivity index (χ1) is 10.7. The van der Waals surface area contributed by atoms with Gasteiger partial charge in [-0.1, -0.05) is 42.5 Å². The number of benzene rings is 3. The number of hydrogen-bond donors (Lipinski definition) is 2. The van der Waals surface area contributed by atoms with Crippen LogP contribution in [0.5, 0.6) is 0 Å². The normalized spacial score (nSPS) is 10.9. The van der Waals surface area contributed by atoms with Crippen molar-refractivity contribution in [2.75, 3.05) is 11.5 Å². The second-order valence-electron chi connectivity index (χ2n) is 4.90. The molecule has 0 bridgehead atoms. The number of nitrogens with two attached hydrogens (primary N) is 2. The molecular weight excluding hydrogens is 272 g/mol. The predicted molar refractivity (Wildman–Crippen MR) is 91.3 cm³/mol. The summed E-state index contributed by atoms with van der Waals surface area (Å²) in [5, 5.41) is 8.62. The predicted octanol–water partition coefficient (Wildman–Crippen LogP) is 4.93. The molecule has 0 unspecified atom stereocenters. The maximum atomic E-state index is 6.08. The summed E-state index contributed by atoms with van der Waals surface area (Å²) in [6, 6.07) is 22.9. The van der Waals surface area contributed by atoms with Crippen molar-refractivity contribution in [3.63, 3.8) is 0 Å². The maximum Gasteiger partial charge on any atom is 0.0936 e. The lowest BCUT2D eigenvalue weighted by Gasteiger charge is -2.09. The summed E-state index contributed by atoms with van der Waals surface area (Å²) in [6.07, 6.45) is 0. The van der Waals surface area contributed by atoms with E-state index in [1.807, 2.05) is 66.7 Å². The Kier molecular flexibility index (Phi) is 3.83. The molecule has 0 spiro atoms. The van der Waals surface area contributed by atoms with E-state index < -0.39 is 0 Å². The molecule has 0 aliphatic heterocycles. The zero-order valence-corrected chi connectivity index (χ0v) is 12.0. The fraction of sp³-hybridized carbons (Fsp3) is 0. The molecule has 4 heteroatoms. The second-order valence-corrected chi connectivity index (χ2v) is 4.90. The number of nitrogen functional groups attached to an aromatic ring is 2. The summed E-state index contributed by atoms with van der Waals surface area (Å²) in [5.74, 6) is 0. The molecule has 0 radical (unpaired) electrons. The van der Waals surface area contributed by atoms with Crippen molar-refractivity contribution < 1.29 is 0 Å². The largest absolute Gasteiger partial charge is 0.399 e. The SMILES string of the molecule is Nc1ccc(-c2ccccc2N=Nc2ccccc2)c(N)c1. The van der Waals surface area contributed by atoms with Crippen LogP contribution in [0.15, 0.2) is 83.0 Å². The molecule has 0 aromatic heterocycles. The zero-order chi connectivity index (χ0) is 15.4. The van der Waals surface area contributed by atoms with Gasteiger partial charge in [-0.25, -0.2) is 0 Å². The smallest absolute Gasteiger partial charge is 0.0936 e. The minimum absolute atomic E-state index is 0.627. The number of hydrogen-bond acceptors (Lipinski definition) is 4. The van der Waals surface area contributed by atoms with Gasteiger partial charge in [0.1, 0.15) is 0 Å². The highest BCUT2D eigenvalue weighted by Crippen LogP contribution is 2.35. The summed E-state index contributed by atoms with van der Waals surface area (Å²) in [6.45, 7) is 0. The Morgan fingerprint density at radius 1 is 0.636 bits per heavy atom. The Hall–Kier alpha value is -3.14. The first kappa shape index (κ1) is 13.8. The van der Waals surface area contributed by atoms with Gasteiger partial charge in [0, 0.05) is 22.5 Å². The van der Waals surface area contributed by atoms with Gasteiger partial charge < -0.3 is 11.5 Å². The fourth-order valence-electron chi connectivity index (χ4n) is 2.22. The van der Waals surface area contributed by atoms with E-state index in [0.29, 0.717) is 11.4 Å². The molecule has 4 nitrogen and oxygen atoms in total. The van der Waals surface area contributed by atoms with E-state index in [-0.39, 0.29) is 0 Å². The molecular formula is C18H16N4. The Labute approximate surface area is 129 Å². The minimum atomic E-state index is 0.627. The molecule has 3 aromatic carbocycles. The van der Waals surface area contributed by atoms with E-state index in [4.69, 9.17) is 11.5 Å². The standard InChI is InChI=1S/C18H16N4/c19-13-10-11-15(17(20)12-13)16-8-4-5-9-18(16)22-21-14-6-2-1-3-7-14/h1-12H,19-20H2. The van der Waals surface area contributed by atoms with Gasteiger partial charge in [0.2, 0.25) is 0 Å². The Balaban J connectivity index is 2.02. The third-order valence-electron chi connectivity index (χ3n) is 3.30. The van der Waals surface area contributed by atoms with Crippen LogP contribution < -0.4 is 11.5 Å². The molecule has 3 rings (SSSR count). The van der Waals surface area contributed by atoms with Crippen LogP contribution in [-0.4, -0.2) is 0 Å². The second kappa shape index (κ2) is 6.10. The van der Waals surface area contributed by atoms with Crippen LogP contribution >= 0.6 is 0 Å². The lowest BCUT2D eigenvalue weighted by Crippen LogP contribution is -1.93. The number of azo groups is 1. The molecule has 108 valence electrons. The van der Waals surface area contributed by atoms with E-state index in [9.17, 15) is 0 Å². The van der Waals surface area contributed by atoms with E-state index in [1.165, 1.54) is 0 Å². The van der Waals surface area contributed by atoms with Crippen LogP contribution in [0.1, 0.15) is 0 Å². The number of nitrogens with zero attached hydrogens (tertiary/aromatic N) is 2. The molecule has 3 aromatic rings. The Morgan fingerprint density at radius 2 is 1.36 bits per heavy atom. The number of rotatable bonds is 3. The third-order valence-corrected chi connectivity index (χ3v) is 3.30. The first-order valence-electron chi connectivity index (χ1n) is 6.95. The monoisotopic (exact) mass is 288 g/mol. The molecule has 4 N–H and O–H groups in total. The van der Waals surface area contributed by atoms with Gasteiger partial charge in [-0.3, -0.25) is 0 Å². The van der Waals surface area contributed by atoms with Crippen molar-refractivity contribution >= 4 is 22.7 Å². The lowest BCUT2D eigenvalue weighted by atomic mass is 10.0. The van der Waals surface area contributed by atoms with Gasteiger partial charge in [0.15, 0.2) is 0 Å². The topological polar surface area (TPSA) is 76.8 Å². The molecule has 0 atom stereocenters. The van der Waals surface area contributed by atoms with Gasteiger partial charge in [-0.2, -0.15) is 5.11 Å². The molecule has 0 saturated heterocycles. The highest BCUT2D eigenvalue weighted by Gasteiger charge is 2.07. The Morgan fingerprint density at radius 3 is 2.14 bits per heavy atom. The van der Waals surface area contributed by atoms with Crippen LogP contribution in [0.3, 0.4) is 0 Å². The van der Waals surface area contributed by atoms with Crippen LogP contribution in [-0.2, 0) is 0 Å². The molecule has 0 heterocycles. The number of anilines is 2. The van der Waals surface area contributed by atoms with E-state index in [0.717, 1.165) is 22.5 Å². The van der Waals surface area contributed by atoms with Crippen LogP contribution in [0.25, 0.3) is 11.1 Å². The molecule has 0 fully saturated rings. The van der Waals surface area contributed by atoms with Crippen molar-refractivity contribution in [1.82, 2.24) is 0 Å². The van der Waals surface area contributed by atoms with Gasteiger partial charge in [0.25, 0.3) is 0 Å². The summed E-state index contributed by atoms with van der Waals surface area (Å²) < 4.78 is 0. The summed E-state index contributed by atoms with van der Waals surface area (Å²) in [7, 11) is 0. The van der Waals surface area contributed by atoms with Crippen molar-refractivity contribution in [3.8, 4) is 11.1 Å². The van der Waals surface area contributed by atoms with Gasteiger partial charge in [-0.15, -0.1) is 5.11 Å². The van der Waals surface area contributed by atoms with E-state index in [2.05, 4.69) is 10.2 Å². The van der Waals surface area contributed by atoms with E-state index in [1.54, 1.807) is 6.07 Å². The molecule has 0 aliphatic rings. The molecule has 0 amide bonds. The van der Waals surface area contributed by atoms with Gasteiger partial charge >= 0.3 is 0 Å². The zero-order valence-electron chi connectivity index (χ0n) is 12.0. The maximum absolute atomic E-state index is 6.08. The average molecular weight is 288 g/mol. The van der Waals surface area contributed by atoms with Crippen molar-refractivity contribution in [1.29, 1.82) is 0 Å². The average Bonchev–Trinajstić information content (AvgIpc) is 2.54. The lowest BCUT2D eigenvalue weighted by molar-refractivity contribution is 1.23. The Bertz CT molecular complexity index is 810. The minimum Gasteiger partial charge on any atom is -0.399 e. The van der Waals surface area contributed by atoms with Crippen molar-refractivity contribution in [2.24, 2.45) is 10.2 Å². The third kappa shape index (κ3) is 2.96. The van der Waals surface area contributed by atoms with E-state index >= 15 is 0 Å². The van der Waals surface area contributed by atoms with Gasteiger partial charge in [0.05, 0.1) is 11.4 Å². The van der Waals surface area contributed by atoms with Crippen molar-refractivity contribution in [2.45, 2.75) is 0 Å². The van der Waals surface area contributed by atoms with Crippen LogP contribution in [0, 0.1) is 0 Å². The van der Waals surface area contributed by atoms with Gasteiger partial charge in [-0.05, 0) is 30.3 Å².